The summed E-state index contributed by atoms with van der Waals surface area (Å²) in [4.78, 5) is 19.3. The fourth-order valence-electron chi connectivity index (χ4n) is 3.53. The van der Waals surface area contributed by atoms with Gasteiger partial charge in [-0.3, -0.25) is 4.79 Å². The zero-order chi connectivity index (χ0) is 19.2. The zero-order valence-electron chi connectivity index (χ0n) is 16.3. The van der Waals surface area contributed by atoms with Gasteiger partial charge in [-0.25, -0.2) is 4.98 Å². The highest BCUT2D eigenvalue weighted by Gasteiger charge is 2.27. The number of benzene rings is 1. The lowest BCUT2D eigenvalue weighted by atomic mass is 10.1. The molecule has 4 rings (SSSR count). The number of nitrogens with zero attached hydrogens (tertiary/aromatic N) is 2. The van der Waals surface area contributed by atoms with Crippen molar-refractivity contribution in [2.75, 3.05) is 13.2 Å². The van der Waals surface area contributed by atoms with Gasteiger partial charge in [-0.2, -0.15) is 0 Å². The van der Waals surface area contributed by atoms with Crippen LogP contribution in [0, 0.1) is 5.92 Å². The van der Waals surface area contributed by atoms with Crippen molar-refractivity contribution in [3.05, 3.63) is 48.2 Å². The molecule has 0 unspecified atom stereocenters. The van der Waals surface area contributed by atoms with E-state index < -0.39 is 0 Å². The van der Waals surface area contributed by atoms with Crippen LogP contribution < -0.4 is 9.47 Å². The average Bonchev–Trinajstić information content (AvgIpc) is 3.52. The van der Waals surface area contributed by atoms with Crippen LogP contribution in [0.2, 0.25) is 0 Å². The number of ether oxygens (including phenoxy) is 2. The molecule has 2 aromatic rings. The van der Waals surface area contributed by atoms with Gasteiger partial charge in [-0.05, 0) is 49.8 Å². The van der Waals surface area contributed by atoms with E-state index in [9.17, 15) is 4.79 Å². The largest absolute Gasteiger partial charge is 0.490 e. The number of carbonyl (C=O) groups excluding carboxylic acids is 1. The first-order chi connectivity index (χ1) is 13.8. The molecule has 2 heterocycles. The third-order valence-corrected chi connectivity index (χ3v) is 5.36. The third kappa shape index (κ3) is 5.03. The monoisotopic (exact) mass is 380 g/mol. The van der Waals surface area contributed by atoms with Gasteiger partial charge in [0.15, 0.2) is 11.5 Å². The Balaban J connectivity index is 1.59. The molecule has 0 spiro atoms. The topological polar surface area (TPSA) is 51.7 Å². The van der Waals surface area contributed by atoms with Crippen LogP contribution >= 0.6 is 0 Å². The molecular weight excluding hydrogens is 352 g/mol. The number of rotatable bonds is 2. The quantitative estimate of drug-likeness (QED) is 0.739. The van der Waals surface area contributed by atoms with Crippen LogP contribution in [-0.2, 0) is 11.3 Å². The van der Waals surface area contributed by atoms with E-state index >= 15 is 0 Å². The van der Waals surface area contributed by atoms with Gasteiger partial charge >= 0.3 is 0 Å². The van der Waals surface area contributed by atoms with Gasteiger partial charge in [0.05, 0.1) is 13.2 Å². The first-order valence-corrected chi connectivity index (χ1v) is 10.4. The molecule has 28 heavy (non-hydrogen) atoms. The van der Waals surface area contributed by atoms with Gasteiger partial charge in [0.25, 0.3) is 0 Å². The minimum atomic E-state index is 0.258. The second-order valence-electron chi connectivity index (χ2n) is 7.74. The highest BCUT2D eigenvalue weighted by Crippen LogP contribution is 2.34. The van der Waals surface area contributed by atoms with Gasteiger partial charge in [-0.15, -0.1) is 0 Å². The van der Waals surface area contributed by atoms with Gasteiger partial charge in [0.1, 0.15) is 0 Å². The Hall–Kier alpha value is -2.56. The Morgan fingerprint density at radius 1 is 1.04 bits per heavy atom. The van der Waals surface area contributed by atoms with Crippen LogP contribution in [0.3, 0.4) is 0 Å². The molecule has 1 saturated carbocycles. The number of pyridine rings is 1. The SMILES string of the molecule is O=C(CC1CC1)N1CCCCCCOc2ccccc2Oc2ncccc2C1. The van der Waals surface area contributed by atoms with Crippen LogP contribution in [0.4, 0.5) is 0 Å². The van der Waals surface area contributed by atoms with Crippen molar-refractivity contribution in [2.45, 2.75) is 51.5 Å². The van der Waals surface area contributed by atoms with E-state index in [0.717, 1.165) is 43.5 Å². The number of hydrogen-bond acceptors (Lipinski definition) is 4. The molecule has 1 aliphatic carbocycles. The van der Waals surface area contributed by atoms with Gasteiger partial charge < -0.3 is 14.4 Å². The van der Waals surface area contributed by atoms with Crippen molar-refractivity contribution in [3.8, 4) is 17.4 Å². The van der Waals surface area contributed by atoms with Gasteiger partial charge in [0, 0.05) is 24.7 Å². The van der Waals surface area contributed by atoms with E-state index in [1.54, 1.807) is 6.20 Å². The molecule has 0 N–H and O–H groups in total. The lowest BCUT2D eigenvalue weighted by Gasteiger charge is -2.24. The second-order valence-corrected chi connectivity index (χ2v) is 7.74. The molecule has 0 radical (unpaired) electrons. The maximum atomic E-state index is 12.8. The van der Waals surface area contributed by atoms with Crippen molar-refractivity contribution in [1.82, 2.24) is 9.88 Å². The lowest BCUT2D eigenvalue weighted by molar-refractivity contribution is -0.132. The minimum absolute atomic E-state index is 0.258. The molecule has 5 nitrogen and oxygen atoms in total. The number of fused-ring (bicyclic) bond motifs is 2. The Bertz CT molecular complexity index is 804. The Morgan fingerprint density at radius 2 is 1.86 bits per heavy atom. The molecular formula is C23H28N2O3. The summed E-state index contributed by atoms with van der Waals surface area (Å²) in [5.41, 5.74) is 0.929. The summed E-state index contributed by atoms with van der Waals surface area (Å²) in [6.07, 6.45) is 9.01. The number of carbonyl (C=O) groups is 1. The maximum Gasteiger partial charge on any atom is 0.224 e. The summed E-state index contributed by atoms with van der Waals surface area (Å²) >= 11 is 0. The van der Waals surface area contributed by atoms with Crippen molar-refractivity contribution < 1.29 is 14.3 Å². The first-order valence-electron chi connectivity index (χ1n) is 10.4. The van der Waals surface area contributed by atoms with E-state index in [-0.39, 0.29) is 5.91 Å². The Labute approximate surface area is 166 Å². The molecule has 1 amide bonds. The zero-order valence-corrected chi connectivity index (χ0v) is 16.3. The number of para-hydroxylation sites is 2. The summed E-state index contributed by atoms with van der Waals surface area (Å²) in [5, 5.41) is 0. The molecule has 148 valence electrons. The molecule has 2 aliphatic rings. The Morgan fingerprint density at radius 3 is 2.71 bits per heavy atom. The van der Waals surface area contributed by atoms with Gasteiger partial charge in [0.2, 0.25) is 11.8 Å². The number of aromatic nitrogens is 1. The predicted octanol–water partition coefficient (Wildman–Crippen LogP) is 4.96. The number of hydrogen-bond donors (Lipinski definition) is 0. The van der Waals surface area contributed by atoms with E-state index in [1.165, 1.54) is 12.8 Å². The third-order valence-electron chi connectivity index (χ3n) is 5.36. The molecule has 1 fully saturated rings. The first kappa shape index (κ1) is 18.8. The second kappa shape index (κ2) is 9.09. The lowest BCUT2D eigenvalue weighted by Crippen LogP contribution is -2.32. The summed E-state index contributed by atoms with van der Waals surface area (Å²) < 4.78 is 12.1. The molecule has 0 atom stereocenters. The average molecular weight is 380 g/mol. The molecule has 1 aliphatic heterocycles. The van der Waals surface area contributed by atoms with E-state index in [1.807, 2.05) is 41.3 Å². The molecule has 0 bridgehead atoms. The van der Waals surface area contributed by atoms with Gasteiger partial charge in [-0.1, -0.05) is 31.0 Å². The van der Waals surface area contributed by atoms with Crippen molar-refractivity contribution in [2.24, 2.45) is 5.92 Å². The van der Waals surface area contributed by atoms with Crippen molar-refractivity contribution in [1.29, 1.82) is 0 Å². The van der Waals surface area contributed by atoms with Crippen LogP contribution in [0.1, 0.15) is 50.5 Å². The molecule has 5 heteroatoms. The fourth-order valence-corrected chi connectivity index (χ4v) is 3.53. The van der Waals surface area contributed by atoms with E-state index in [4.69, 9.17) is 9.47 Å². The molecule has 0 saturated heterocycles. The maximum absolute atomic E-state index is 12.8. The van der Waals surface area contributed by atoms with Crippen LogP contribution in [0.15, 0.2) is 42.6 Å². The van der Waals surface area contributed by atoms with Crippen molar-refractivity contribution >= 4 is 5.91 Å². The van der Waals surface area contributed by atoms with Crippen LogP contribution in [0.5, 0.6) is 17.4 Å². The predicted molar refractivity (Wildman–Crippen MR) is 107 cm³/mol. The minimum Gasteiger partial charge on any atom is -0.490 e. The summed E-state index contributed by atoms with van der Waals surface area (Å²) in [6.45, 7) is 1.99. The van der Waals surface area contributed by atoms with Crippen LogP contribution in [-0.4, -0.2) is 28.9 Å². The molecule has 1 aromatic carbocycles. The standard InChI is InChI=1S/C23H28N2O3/c26-22(16-18-11-12-18)25-14-5-1-2-6-15-27-20-9-3-4-10-21(20)28-23-19(17-25)8-7-13-24-23/h3-4,7-10,13,18H,1-2,5-6,11-12,14-17H2. The number of amides is 1. The van der Waals surface area contributed by atoms with Crippen LogP contribution in [0.25, 0.3) is 0 Å². The highest BCUT2D eigenvalue weighted by molar-refractivity contribution is 5.76. The smallest absolute Gasteiger partial charge is 0.224 e. The highest BCUT2D eigenvalue weighted by atomic mass is 16.5. The van der Waals surface area contributed by atoms with E-state index in [2.05, 4.69) is 4.98 Å². The van der Waals surface area contributed by atoms with Crippen molar-refractivity contribution in [3.63, 3.8) is 0 Å². The summed E-state index contributed by atoms with van der Waals surface area (Å²) in [7, 11) is 0. The molecule has 1 aromatic heterocycles. The summed E-state index contributed by atoms with van der Waals surface area (Å²) in [5.74, 6) is 2.79. The normalized spacial score (nSPS) is 18.1. The Kier molecular flexibility index (Phi) is 6.10. The summed E-state index contributed by atoms with van der Waals surface area (Å²) in [6, 6.07) is 11.6. The fraction of sp³-hybridized carbons (Fsp3) is 0.478. The van der Waals surface area contributed by atoms with E-state index in [0.29, 0.717) is 37.1 Å².